The van der Waals surface area contributed by atoms with E-state index in [0.29, 0.717) is 23.3 Å². The Morgan fingerprint density at radius 3 is 2.33 bits per heavy atom. The predicted molar refractivity (Wildman–Crippen MR) is 70.5 cm³/mol. The Morgan fingerprint density at radius 2 is 1.87 bits per heavy atom. The molecule has 0 rings (SSSR count). The molecule has 92 valence electrons. The Hall–Kier alpha value is 0.270. The quantitative estimate of drug-likeness (QED) is 0.709. The fourth-order valence-electron chi connectivity index (χ4n) is 1.16. The molecule has 0 spiro atoms. The van der Waals surface area contributed by atoms with Crippen LogP contribution in [0.5, 0.6) is 0 Å². The van der Waals surface area contributed by atoms with E-state index in [1.807, 2.05) is 11.8 Å². The first kappa shape index (κ1) is 15.3. The molecule has 0 fully saturated rings. The van der Waals surface area contributed by atoms with Crippen molar-refractivity contribution in [3.8, 4) is 0 Å². The Labute approximate surface area is 99.2 Å². The van der Waals surface area contributed by atoms with Gasteiger partial charge in [0.2, 0.25) is 0 Å². The van der Waals surface area contributed by atoms with Crippen molar-refractivity contribution in [2.45, 2.75) is 51.8 Å². The molecule has 2 N–H and O–H groups in total. The van der Waals surface area contributed by atoms with Gasteiger partial charge in [-0.2, -0.15) is 11.8 Å². The van der Waals surface area contributed by atoms with Gasteiger partial charge < -0.3 is 10.4 Å². The molecule has 0 aromatic rings. The number of nitrogens with one attached hydrogen (secondary N) is 1. The number of thioether (sulfide) groups is 1. The van der Waals surface area contributed by atoms with Crippen LogP contribution in [0.1, 0.15) is 41.0 Å². The van der Waals surface area contributed by atoms with Gasteiger partial charge in [-0.3, -0.25) is 0 Å². The Balaban J connectivity index is 3.53. The third kappa shape index (κ3) is 10.6. The molecule has 0 aliphatic rings. The van der Waals surface area contributed by atoms with Gasteiger partial charge in [0.15, 0.2) is 0 Å². The number of aliphatic hydroxyl groups is 1. The second-order valence-corrected chi connectivity index (χ2v) is 7.20. The SMILES string of the molecule is CC(CCO)CNC(C)CSC(C)(C)C. The minimum absolute atomic E-state index is 0.300. The minimum Gasteiger partial charge on any atom is -0.396 e. The van der Waals surface area contributed by atoms with Crippen molar-refractivity contribution in [2.24, 2.45) is 5.92 Å². The maximum Gasteiger partial charge on any atom is 0.0434 e. The van der Waals surface area contributed by atoms with E-state index < -0.39 is 0 Å². The molecule has 0 saturated carbocycles. The number of hydrogen-bond acceptors (Lipinski definition) is 3. The highest BCUT2D eigenvalue weighted by Gasteiger charge is 2.13. The Morgan fingerprint density at radius 1 is 1.27 bits per heavy atom. The normalized spacial score (nSPS) is 16.4. The predicted octanol–water partition coefficient (Wildman–Crippen LogP) is 2.51. The van der Waals surface area contributed by atoms with E-state index in [0.717, 1.165) is 18.7 Å². The van der Waals surface area contributed by atoms with Gasteiger partial charge in [0.1, 0.15) is 0 Å². The van der Waals surface area contributed by atoms with Crippen LogP contribution in [0.3, 0.4) is 0 Å². The molecule has 0 aromatic carbocycles. The Bertz CT molecular complexity index is 156. The van der Waals surface area contributed by atoms with Crippen LogP contribution < -0.4 is 5.32 Å². The molecule has 0 aliphatic heterocycles. The smallest absolute Gasteiger partial charge is 0.0434 e. The highest BCUT2D eigenvalue weighted by Crippen LogP contribution is 2.23. The van der Waals surface area contributed by atoms with E-state index in [4.69, 9.17) is 5.11 Å². The number of aliphatic hydroxyl groups excluding tert-OH is 1. The van der Waals surface area contributed by atoms with Crippen molar-refractivity contribution in [1.29, 1.82) is 0 Å². The highest BCUT2D eigenvalue weighted by atomic mass is 32.2. The van der Waals surface area contributed by atoms with E-state index in [1.165, 1.54) is 0 Å². The van der Waals surface area contributed by atoms with Crippen LogP contribution in [-0.2, 0) is 0 Å². The molecule has 0 bridgehead atoms. The first-order chi connectivity index (χ1) is 6.85. The van der Waals surface area contributed by atoms with Gasteiger partial charge in [-0.1, -0.05) is 27.7 Å². The average Bonchev–Trinajstić information content (AvgIpc) is 2.11. The molecule has 2 unspecified atom stereocenters. The first-order valence-corrected chi connectivity index (χ1v) is 6.82. The van der Waals surface area contributed by atoms with E-state index in [1.54, 1.807) is 0 Å². The lowest BCUT2D eigenvalue weighted by Gasteiger charge is -2.22. The molecular formula is C12H27NOS. The summed E-state index contributed by atoms with van der Waals surface area (Å²) in [4.78, 5) is 0. The molecule has 2 atom stereocenters. The second kappa shape index (κ2) is 7.53. The summed E-state index contributed by atoms with van der Waals surface area (Å²) in [5.74, 6) is 1.71. The molecule has 0 aliphatic carbocycles. The standard InChI is InChI=1S/C12H27NOS/c1-10(6-7-14)8-13-11(2)9-15-12(3,4)5/h10-11,13-14H,6-9H2,1-5H3. The lowest BCUT2D eigenvalue weighted by molar-refractivity contribution is 0.259. The molecule has 2 nitrogen and oxygen atoms in total. The van der Waals surface area contributed by atoms with Crippen LogP contribution in [0.15, 0.2) is 0 Å². The fourth-order valence-corrected chi connectivity index (χ4v) is 2.03. The largest absolute Gasteiger partial charge is 0.396 e. The van der Waals surface area contributed by atoms with Crippen molar-refractivity contribution in [3.63, 3.8) is 0 Å². The van der Waals surface area contributed by atoms with E-state index >= 15 is 0 Å². The van der Waals surface area contributed by atoms with E-state index in [2.05, 4.69) is 39.9 Å². The van der Waals surface area contributed by atoms with Gasteiger partial charge in [0.25, 0.3) is 0 Å². The minimum atomic E-state index is 0.300. The van der Waals surface area contributed by atoms with Crippen molar-refractivity contribution >= 4 is 11.8 Å². The lowest BCUT2D eigenvalue weighted by atomic mass is 10.1. The summed E-state index contributed by atoms with van der Waals surface area (Å²) in [7, 11) is 0. The van der Waals surface area contributed by atoms with E-state index in [9.17, 15) is 0 Å². The fraction of sp³-hybridized carbons (Fsp3) is 1.00. The van der Waals surface area contributed by atoms with Crippen LogP contribution in [0.2, 0.25) is 0 Å². The van der Waals surface area contributed by atoms with Crippen LogP contribution in [0, 0.1) is 5.92 Å². The maximum atomic E-state index is 8.78. The molecule has 0 aromatic heterocycles. The van der Waals surface area contributed by atoms with Crippen LogP contribution in [-0.4, -0.2) is 34.8 Å². The first-order valence-electron chi connectivity index (χ1n) is 5.83. The van der Waals surface area contributed by atoms with Crippen molar-refractivity contribution in [3.05, 3.63) is 0 Å². The summed E-state index contributed by atoms with van der Waals surface area (Å²) in [6.45, 7) is 12.5. The monoisotopic (exact) mass is 233 g/mol. The number of hydrogen-bond donors (Lipinski definition) is 2. The van der Waals surface area contributed by atoms with Crippen molar-refractivity contribution < 1.29 is 5.11 Å². The second-order valence-electron chi connectivity index (χ2n) is 5.35. The van der Waals surface area contributed by atoms with Crippen LogP contribution in [0.25, 0.3) is 0 Å². The van der Waals surface area contributed by atoms with Gasteiger partial charge in [-0.05, 0) is 25.8 Å². The van der Waals surface area contributed by atoms with Crippen LogP contribution in [0.4, 0.5) is 0 Å². The third-order valence-electron chi connectivity index (χ3n) is 2.20. The van der Waals surface area contributed by atoms with Gasteiger partial charge in [0.05, 0.1) is 0 Å². The van der Waals surface area contributed by atoms with Crippen molar-refractivity contribution in [1.82, 2.24) is 5.32 Å². The molecule has 3 heteroatoms. The summed E-state index contributed by atoms with van der Waals surface area (Å²) < 4.78 is 0.354. The molecular weight excluding hydrogens is 206 g/mol. The molecule has 15 heavy (non-hydrogen) atoms. The summed E-state index contributed by atoms with van der Waals surface area (Å²) in [6, 6.07) is 0.551. The van der Waals surface area contributed by atoms with Gasteiger partial charge in [-0.25, -0.2) is 0 Å². The zero-order chi connectivity index (χ0) is 11.9. The topological polar surface area (TPSA) is 32.3 Å². The summed E-state index contributed by atoms with van der Waals surface area (Å²) in [5.41, 5.74) is 0. The highest BCUT2D eigenvalue weighted by molar-refractivity contribution is 8.00. The van der Waals surface area contributed by atoms with Crippen molar-refractivity contribution in [2.75, 3.05) is 18.9 Å². The van der Waals surface area contributed by atoms with Gasteiger partial charge >= 0.3 is 0 Å². The average molecular weight is 233 g/mol. The molecule has 0 amide bonds. The molecule has 0 saturated heterocycles. The lowest BCUT2D eigenvalue weighted by Crippen LogP contribution is -2.33. The zero-order valence-corrected chi connectivity index (χ0v) is 11.7. The van der Waals surface area contributed by atoms with Gasteiger partial charge in [0, 0.05) is 23.1 Å². The zero-order valence-electron chi connectivity index (χ0n) is 10.8. The molecule has 0 heterocycles. The Kier molecular flexibility index (Phi) is 7.66. The summed E-state index contributed by atoms with van der Waals surface area (Å²) in [6.07, 6.45) is 0.895. The third-order valence-corrected chi connectivity index (χ3v) is 3.74. The summed E-state index contributed by atoms with van der Waals surface area (Å²) in [5, 5.41) is 12.3. The summed E-state index contributed by atoms with van der Waals surface area (Å²) >= 11 is 1.99. The van der Waals surface area contributed by atoms with Crippen LogP contribution >= 0.6 is 11.8 Å². The molecule has 0 radical (unpaired) electrons. The van der Waals surface area contributed by atoms with Gasteiger partial charge in [-0.15, -0.1) is 0 Å². The van der Waals surface area contributed by atoms with E-state index in [-0.39, 0.29) is 0 Å². The number of rotatable bonds is 7. The maximum absolute atomic E-state index is 8.78.